The standard InChI is InChI=1S/C19H19F3O3/c1-3-4-14-5-11-17(12-6-14)24-18(23)16-9-7-15(8-10-16)13(2)25-19(20,21)22/h5-13H,3-4H2,1-2H3. The lowest BCUT2D eigenvalue weighted by Crippen LogP contribution is -2.16. The number of benzene rings is 2. The first kappa shape index (κ1) is 19.0. The van der Waals surface area contributed by atoms with E-state index in [1.54, 1.807) is 12.1 Å². The molecule has 0 radical (unpaired) electrons. The predicted molar refractivity (Wildman–Crippen MR) is 87.4 cm³/mol. The van der Waals surface area contributed by atoms with Crippen LogP contribution in [0.1, 0.15) is 47.9 Å². The molecule has 0 aliphatic heterocycles. The summed E-state index contributed by atoms with van der Waals surface area (Å²) in [6.45, 7) is 3.37. The SMILES string of the molecule is CCCc1ccc(OC(=O)c2ccc(C(C)OC(F)(F)F)cc2)cc1. The minimum atomic E-state index is -4.71. The van der Waals surface area contributed by atoms with Crippen LogP contribution in [0.5, 0.6) is 5.75 Å². The zero-order valence-electron chi connectivity index (χ0n) is 14.0. The van der Waals surface area contributed by atoms with Crippen molar-refractivity contribution >= 4 is 5.97 Å². The van der Waals surface area contributed by atoms with Crippen LogP contribution in [0.2, 0.25) is 0 Å². The summed E-state index contributed by atoms with van der Waals surface area (Å²) in [6.07, 6.45) is -3.88. The number of hydrogen-bond acceptors (Lipinski definition) is 3. The van der Waals surface area contributed by atoms with Crippen LogP contribution in [-0.4, -0.2) is 12.3 Å². The highest BCUT2D eigenvalue weighted by Gasteiger charge is 2.32. The summed E-state index contributed by atoms with van der Waals surface area (Å²) in [6, 6.07) is 12.9. The number of ether oxygens (including phenoxy) is 2. The largest absolute Gasteiger partial charge is 0.523 e. The Balaban J connectivity index is 2.00. The maximum Gasteiger partial charge on any atom is 0.523 e. The van der Waals surface area contributed by atoms with E-state index in [0.717, 1.165) is 18.4 Å². The average Bonchev–Trinajstić information content (AvgIpc) is 2.55. The minimum Gasteiger partial charge on any atom is -0.423 e. The number of hydrogen-bond donors (Lipinski definition) is 0. The molecule has 2 aromatic rings. The van der Waals surface area contributed by atoms with Crippen molar-refractivity contribution in [3.8, 4) is 5.75 Å². The van der Waals surface area contributed by atoms with Gasteiger partial charge in [0.25, 0.3) is 0 Å². The molecule has 0 saturated heterocycles. The van der Waals surface area contributed by atoms with Crippen LogP contribution in [0.15, 0.2) is 48.5 Å². The number of halogens is 3. The van der Waals surface area contributed by atoms with Gasteiger partial charge in [0.2, 0.25) is 0 Å². The summed E-state index contributed by atoms with van der Waals surface area (Å²) < 4.78 is 45.9. The fourth-order valence-corrected chi connectivity index (χ4v) is 2.34. The molecule has 0 aliphatic rings. The highest BCUT2D eigenvalue weighted by molar-refractivity contribution is 5.91. The first-order valence-electron chi connectivity index (χ1n) is 7.94. The Morgan fingerprint density at radius 3 is 2.16 bits per heavy atom. The fraction of sp³-hybridized carbons (Fsp3) is 0.316. The molecule has 0 aromatic heterocycles. The van der Waals surface area contributed by atoms with Crippen molar-refractivity contribution in [2.45, 2.75) is 39.2 Å². The van der Waals surface area contributed by atoms with Crippen LogP contribution in [0.3, 0.4) is 0 Å². The van der Waals surface area contributed by atoms with Crippen molar-refractivity contribution in [1.82, 2.24) is 0 Å². The van der Waals surface area contributed by atoms with Crippen LogP contribution >= 0.6 is 0 Å². The number of carbonyl (C=O) groups excluding carboxylic acids is 1. The Morgan fingerprint density at radius 2 is 1.64 bits per heavy atom. The topological polar surface area (TPSA) is 35.5 Å². The molecule has 2 rings (SSSR count). The molecule has 2 aromatic carbocycles. The van der Waals surface area contributed by atoms with Gasteiger partial charge in [0.05, 0.1) is 11.7 Å². The van der Waals surface area contributed by atoms with E-state index in [1.165, 1.54) is 31.2 Å². The number of rotatable bonds is 6. The summed E-state index contributed by atoms with van der Waals surface area (Å²) in [4.78, 5) is 12.1. The van der Waals surface area contributed by atoms with E-state index in [0.29, 0.717) is 11.3 Å². The summed E-state index contributed by atoms with van der Waals surface area (Å²) in [7, 11) is 0. The summed E-state index contributed by atoms with van der Waals surface area (Å²) in [5, 5.41) is 0. The second-order valence-electron chi connectivity index (χ2n) is 5.61. The number of alkyl halides is 3. The Kier molecular flexibility index (Phi) is 6.20. The predicted octanol–water partition coefficient (Wildman–Crippen LogP) is 5.46. The van der Waals surface area contributed by atoms with Gasteiger partial charge in [0.15, 0.2) is 0 Å². The van der Waals surface area contributed by atoms with Crippen LogP contribution < -0.4 is 4.74 Å². The van der Waals surface area contributed by atoms with Gasteiger partial charge in [0.1, 0.15) is 5.75 Å². The molecule has 0 N–H and O–H groups in total. The number of esters is 1. The normalized spacial score (nSPS) is 12.7. The molecule has 0 fully saturated rings. The third kappa shape index (κ3) is 5.90. The van der Waals surface area contributed by atoms with Crippen molar-refractivity contribution in [2.75, 3.05) is 0 Å². The maximum absolute atomic E-state index is 12.2. The second-order valence-corrected chi connectivity index (χ2v) is 5.61. The summed E-state index contributed by atoms with van der Waals surface area (Å²) >= 11 is 0. The molecule has 0 saturated carbocycles. The molecule has 25 heavy (non-hydrogen) atoms. The molecule has 0 aliphatic carbocycles. The van der Waals surface area contributed by atoms with E-state index < -0.39 is 18.4 Å². The molecular formula is C19H19F3O3. The lowest BCUT2D eigenvalue weighted by Gasteiger charge is -2.15. The molecule has 0 amide bonds. The average molecular weight is 352 g/mol. The molecule has 0 heterocycles. The van der Waals surface area contributed by atoms with Crippen LogP contribution in [0, 0.1) is 0 Å². The Hall–Kier alpha value is -2.34. The monoisotopic (exact) mass is 352 g/mol. The van der Waals surface area contributed by atoms with E-state index in [-0.39, 0.29) is 5.56 Å². The highest BCUT2D eigenvalue weighted by atomic mass is 19.4. The smallest absolute Gasteiger partial charge is 0.423 e. The van der Waals surface area contributed by atoms with Gasteiger partial charge in [-0.25, -0.2) is 4.79 Å². The molecular weight excluding hydrogens is 333 g/mol. The molecule has 3 nitrogen and oxygen atoms in total. The first-order valence-corrected chi connectivity index (χ1v) is 7.94. The fourth-order valence-electron chi connectivity index (χ4n) is 2.34. The molecule has 1 unspecified atom stereocenters. The van der Waals surface area contributed by atoms with Crippen molar-refractivity contribution in [3.05, 3.63) is 65.2 Å². The minimum absolute atomic E-state index is 0.251. The summed E-state index contributed by atoms with van der Waals surface area (Å²) in [5.41, 5.74) is 1.73. The van der Waals surface area contributed by atoms with E-state index >= 15 is 0 Å². The molecule has 0 spiro atoms. The lowest BCUT2D eigenvalue weighted by atomic mass is 10.1. The van der Waals surface area contributed by atoms with Crippen LogP contribution in [0.4, 0.5) is 13.2 Å². The van der Waals surface area contributed by atoms with Crippen molar-refractivity contribution < 1.29 is 27.4 Å². The molecule has 6 heteroatoms. The Morgan fingerprint density at radius 1 is 1.04 bits per heavy atom. The van der Waals surface area contributed by atoms with Gasteiger partial charge in [-0.2, -0.15) is 0 Å². The van der Waals surface area contributed by atoms with Gasteiger partial charge < -0.3 is 4.74 Å². The summed E-state index contributed by atoms with van der Waals surface area (Å²) in [5.74, 6) is -0.151. The maximum atomic E-state index is 12.2. The van der Waals surface area contributed by atoms with Gasteiger partial charge in [-0.1, -0.05) is 37.6 Å². The number of carbonyl (C=O) groups is 1. The van der Waals surface area contributed by atoms with E-state index in [2.05, 4.69) is 11.7 Å². The van der Waals surface area contributed by atoms with Gasteiger partial charge in [-0.3, -0.25) is 4.74 Å². The van der Waals surface area contributed by atoms with Crippen LogP contribution in [-0.2, 0) is 11.2 Å². The van der Waals surface area contributed by atoms with Crippen LogP contribution in [0.25, 0.3) is 0 Å². The van der Waals surface area contributed by atoms with Crippen molar-refractivity contribution in [2.24, 2.45) is 0 Å². The Labute approximate surface area is 144 Å². The van der Waals surface area contributed by atoms with E-state index in [4.69, 9.17) is 4.74 Å². The quantitative estimate of drug-likeness (QED) is 0.512. The van der Waals surface area contributed by atoms with E-state index in [1.807, 2.05) is 12.1 Å². The van der Waals surface area contributed by atoms with Gasteiger partial charge in [0, 0.05) is 0 Å². The molecule has 0 bridgehead atoms. The van der Waals surface area contributed by atoms with Crippen molar-refractivity contribution in [1.29, 1.82) is 0 Å². The second kappa shape index (κ2) is 8.16. The zero-order valence-corrected chi connectivity index (χ0v) is 14.0. The van der Waals surface area contributed by atoms with Crippen molar-refractivity contribution in [3.63, 3.8) is 0 Å². The lowest BCUT2D eigenvalue weighted by molar-refractivity contribution is -0.342. The highest BCUT2D eigenvalue weighted by Crippen LogP contribution is 2.27. The van der Waals surface area contributed by atoms with Gasteiger partial charge in [-0.05, 0) is 48.7 Å². The third-order valence-electron chi connectivity index (χ3n) is 3.60. The number of aryl methyl sites for hydroxylation is 1. The first-order chi connectivity index (χ1) is 11.8. The van der Waals surface area contributed by atoms with E-state index in [9.17, 15) is 18.0 Å². The third-order valence-corrected chi connectivity index (χ3v) is 3.60. The van der Waals surface area contributed by atoms with Gasteiger partial charge in [-0.15, -0.1) is 13.2 Å². The zero-order chi connectivity index (χ0) is 18.4. The molecule has 1 atom stereocenters. The molecule has 134 valence electrons. The van der Waals surface area contributed by atoms with Gasteiger partial charge >= 0.3 is 12.3 Å². The Bertz CT molecular complexity index is 691.